The standard InChI is InChI=1S/C28H34O9/c29-13-19(32)16-35-25-10-4-1-7-22(25)28(23-8-2-5-11-26(23)36-17-20(33)14-30)24-9-3-6-12-27(24)37-18-21(34)15-31/h1-12,19-21,28-34H,13-18H2. The molecule has 3 atom stereocenters. The van der Waals surface area contributed by atoms with Gasteiger partial charge in [0.1, 0.15) is 55.4 Å². The van der Waals surface area contributed by atoms with Crippen molar-refractivity contribution in [1.82, 2.24) is 0 Å². The molecular weight excluding hydrogens is 480 g/mol. The fourth-order valence-corrected chi connectivity index (χ4v) is 3.77. The topological polar surface area (TPSA) is 149 Å². The molecule has 0 spiro atoms. The number of hydrogen-bond donors (Lipinski definition) is 6. The van der Waals surface area contributed by atoms with Crippen LogP contribution in [-0.4, -0.2) is 88.6 Å². The lowest BCUT2D eigenvalue weighted by Crippen LogP contribution is -2.23. The van der Waals surface area contributed by atoms with Crippen molar-refractivity contribution >= 4 is 0 Å². The Kier molecular flexibility index (Phi) is 11.2. The summed E-state index contributed by atoms with van der Waals surface area (Å²) in [5.41, 5.74) is 2.14. The minimum absolute atomic E-state index is 0.123. The molecule has 0 aliphatic rings. The van der Waals surface area contributed by atoms with Crippen LogP contribution in [0, 0.1) is 0 Å². The Morgan fingerprint density at radius 2 is 0.730 bits per heavy atom. The summed E-state index contributed by atoms with van der Waals surface area (Å²) in [7, 11) is 0. The van der Waals surface area contributed by atoms with Crippen molar-refractivity contribution < 1.29 is 44.8 Å². The summed E-state index contributed by atoms with van der Waals surface area (Å²) in [5, 5.41) is 57.3. The van der Waals surface area contributed by atoms with E-state index >= 15 is 0 Å². The first kappa shape index (κ1) is 28.4. The zero-order valence-corrected chi connectivity index (χ0v) is 20.4. The average molecular weight is 515 g/mol. The molecule has 3 aromatic carbocycles. The first-order valence-corrected chi connectivity index (χ1v) is 12.0. The van der Waals surface area contributed by atoms with Gasteiger partial charge in [0.2, 0.25) is 0 Å². The highest BCUT2D eigenvalue weighted by molar-refractivity contribution is 5.56. The van der Waals surface area contributed by atoms with Crippen molar-refractivity contribution in [2.75, 3.05) is 39.6 Å². The molecule has 0 fully saturated rings. The second-order valence-corrected chi connectivity index (χ2v) is 8.49. The fourth-order valence-electron chi connectivity index (χ4n) is 3.77. The van der Waals surface area contributed by atoms with E-state index < -0.39 is 44.1 Å². The van der Waals surface area contributed by atoms with Gasteiger partial charge in [-0.15, -0.1) is 0 Å². The predicted octanol–water partition coefficient (Wildman–Crippen LogP) is 1.06. The third-order valence-corrected chi connectivity index (χ3v) is 5.62. The maximum atomic E-state index is 9.86. The van der Waals surface area contributed by atoms with Crippen LogP contribution >= 0.6 is 0 Å². The van der Waals surface area contributed by atoms with Crippen LogP contribution in [0.2, 0.25) is 0 Å². The molecule has 37 heavy (non-hydrogen) atoms. The zero-order chi connectivity index (χ0) is 26.6. The molecule has 0 radical (unpaired) electrons. The van der Waals surface area contributed by atoms with Gasteiger partial charge >= 0.3 is 0 Å². The molecule has 3 rings (SSSR count). The van der Waals surface area contributed by atoms with Gasteiger partial charge in [0.05, 0.1) is 19.8 Å². The van der Waals surface area contributed by atoms with Gasteiger partial charge in [-0.05, 0) is 18.2 Å². The number of rotatable bonds is 15. The molecule has 0 amide bonds. The van der Waals surface area contributed by atoms with Gasteiger partial charge in [-0.25, -0.2) is 0 Å². The van der Waals surface area contributed by atoms with E-state index in [1.54, 1.807) is 36.4 Å². The third-order valence-electron chi connectivity index (χ3n) is 5.62. The van der Waals surface area contributed by atoms with E-state index in [2.05, 4.69) is 0 Å². The number of hydrogen-bond acceptors (Lipinski definition) is 9. The van der Waals surface area contributed by atoms with E-state index in [1.165, 1.54) is 0 Å². The molecular formula is C28H34O9. The molecule has 3 unspecified atom stereocenters. The Morgan fingerprint density at radius 3 is 1.00 bits per heavy atom. The van der Waals surface area contributed by atoms with Crippen LogP contribution in [0.3, 0.4) is 0 Å². The molecule has 0 aliphatic carbocycles. The number of benzene rings is 3. The number of para-hydroxylation sites is 3. The maximum Gasteiger partial charge on any atom is 0.123 e. The number of aliphatic hydroxyl groups excluding tert-OH is 6. The summed E-state index contributed by atoms with van der Waals surface area (Å²) in [6, 6.07) is 21.8. The monoisotopic (exact) mass is 514 g/mol. The highest BCUT2D eigenvalue weighted by Gasteiger charge is 2.27. The predicted molar refractivity (Wildman–Crippen MR) is 136 cm³/mol. The maximum absolute atomic E-state index is 9.86. The van der Waals surface area contributed by atoms with Crippen molar-refractivity contribution in [3.63, 3.8) is 0 Å². The molecule has 6 N–H and O–H groups in total. The van der Waals surface area contributed by atoms with E-state index in [4.69, 9.17) is 14.2 Å². The first-order chi connectivity index (χ1) is 18.0. The van der Waals surface area contributed by atoms with Gasteiger partial charge in [0.25, 0.3) is 0 Å². The lowest BCUT2D eigenvalue weighted by Gasteiger charge is -2.26. The quantitative estimate of drug-likeness (QED) is 0.164. The summed E-state index contributed by atoms with van der Waals surface area (Å²) in [6.07, 6.45) is -3.17. The molecule has 9 nitrogen and oxygen atoms in total. The van der Waals surface area contributed by atoms with E-state index in [0.717, 1.165) is 0 Å². The van der Waals surface area contributed by atoms with Crippen LogP contribution in [0.1, 0.15) is 22.6 Å². The normalized spacial score (nSPS) is 14.4. The molecule has 0 saturated carbocycles. The minimum atomic E-state index is -1.06. The largest absolute Gasteiger partial charge is 0.490 e. The molecule has 0 saturated heterocycles. The minimum Gasteiger partial charge on any atom is -0.490 e. The molecule has 9 heteroatoms. The highest BCUT2D eigenvalue weighted by atomic mass is 16.5. The van der Waals surface area contributed by atoms with Gasteiger partial charge < -0.3 is 44.8 Å². The molecule has 0 bridgehead atoms. The Bertz CT molecular complexity index is 954. The second-order valence-electron chi connectivity index (χ2n) is 8.49. The lowest BCUT2D eigenvalue weighted by atomic mass is 9.83. The van der Waals surface area contributed by atoms with Gasteiger partial charge in [0, 0.05) is 22.6 Å². The first-order valence-electron chi connectivity index (χ1n) is 12.0. The van der Waals surface area contributed by atoms with Crippen molar-refractivity contribution in [1.29, 1.82) is 0 Å². The van der Waals surface area contributed by atoms with E-state index in [-0.39, 0.29) is 19.8 Å². The van der Waals surface area contributed by atoms with Crippen molar-refractivity contribution in [2.45, 2.75) is 24.2 Å². The third kappa shape index (κ3) is 7.90. The van der Waals surface area contributed by atoms with Crippen LogP contribution in [-0.2, 0) is 0 Å². The molecule has 0 aromatic heterocycles. The SMILES string of the molecule is OCC(O)COc1ccccc1C(c1ccccc1OCC(O)CO)c1ccccc1OCC(O)CO. The molecule has 200 valence electrons. The van der Waals surface area contributed by atoms with Gasteiger partial charge in [-0.1, -0.05) is 54.6 Å². The zero-order valence-electron chi connectivity index (χ0n) is 20.4. The Labute approximate surface area is 215 Å². The van der Waals surface area contributed by atoms with E-state index in [1.807, 2.05) is 36.4 Å². The summed E-state index contributed by atoms with van der Waals surface area (Å²) >= 11 is 0. The van der Waals surface area contributed by atoms with E-state index in [0.29, 0.717) is 33.9 Å². The summed E-state index contributed by atoms with van der Waals surface area (Å²) in [6.45, 7) is -1.70. The van der Waals surface area contributed by atoms with Crippen LogP contribution in [0.15, 0.2) is 72.8 Å². The Hall–Kier alpha value is -3.18. The van der Waals surface area contributed by atoms with Crippen molar-refractivity contribution in [3.8, 4) is 17.2 Å². The average Bonchev–Trinajstić information content (AvgIpc) is 2.95. The number of aliphatic hydroxyl groups is 6. The summed E-state index contributed by atoms with van der Waals surface area (Å²) < 4.78 is 17.7. The van der Waals surface area contributed by atoms with Crippen molar-refractivity contribution in [2.24, 2.45) is 0 Å². The van der Waals surface area contributed by atoms with Crippen LogP contribution in [0.5, 0.6) is 17.2 Å². The van der Waals surface area contributed by atoms with Crippen LogP contribution < -0.4 is 14.2 Å². The Balaban J connectivity index is 2.13. The molecule has 0 heterocycles. The van der Waals surface area contributed by atoms with Crippen LogP contribution in [0.4, 0.5) is 0 Å². The Morgan fingerprint density at radius 1 is 0.459 bits per heavy atom. The van der Waals surface area contributed by atoms with Crippen LogP contribution in [0.25, 0.3) is 0 Å². The van der Waals surface area contributed by atoms with Gasteiger partial charge in [0.15, 0.2) is 0 Å². The molecule has 0 aliphatic heterocycles. The summed E-state index contributed by atoms with van der Waals surface area (Å²) in [4.78, 5) is 0. The second kappa shape index (κ2) is 14.5. The van der Waals surface area contributed by atoms with E-state index in [9.17, 15) is 30.6 Å². The molecule has 3 aromatic rings. The summed E-state index contributed by atoms with van der Waals surface area (Å²) in [5.74, 6) is 0.883. The highest BCUT2D eigenvalue weighted by Crippen LogP contribution is 2.44. The lowest BCUT2D eigenvalue weighted by molar-refractivity contribution is 0.0524. The van der Waals surface area contributed by atoms with Crippen molar-refractivity contribution in [3.05, 3.63) is 89.5 Å². The fraction of sp³-hybridized carbons (Fsp3) is 0.357. The van der Waals surface area contributed by atoms with Gasteiger partial charge in [-0.3, -0.25) is 0 Å². The van der Waals surface area contributed by atoms with Gasteiger partial charge in [-0.2, -0.15) is 0 Å². The smallest absolute Gasteiger partial charge is 0.123 e. The number of ether oxygens (including phenoxy) is 3.